The summed E-state index contributed by atoms with van der Waals surface area (Å²) in [5.41, 5.74) is 1.38. The summed E-state index contributed by atoms with van der Waals surface area (Å²) < 4.78 is 8.20. The summed E-state index contributed by atoms with van der Waals surface area (Å²) in [6.45, 7) is 4.45. The van der Waals surface area contributed by atoms with Crippen LogP contribution < -0.4 is 0 Å². The van der Waals surface area contributed by atoms with Crippen molar-refractivity contribution in [2.45, 2.75) is 82.9 Å². The molecule has 1 saturated carbocycles. The van der Waals surface area contributed by atoms with Crippen LogP contribution in [0.15, 0.2) is 10.5 Å². The summed E-state index contributed by atoms with van der Waals surface area (Å²) in [5.74, 6) is 0. The molecule has 0 radical (unpaired) electrons. The summed E-state index contributed by atoms with van der Waals surface area (Å²) in [5, 5.41) is 0. The molecule has 0 amide bonds. The van der Waals surface area contributed by atoms with E-state index in [2.05, 4.69) is 13.8 Å². The van der Waals surface area contributed by atoms with Crippen molar-refractivity contribution >= 4 is 15.0 Å². The van der Waals surface area contributed by atoms with Gasteiger partial charge in [-0.25, -0.2) is 0 Å². The van der Waals surface area contributed by atoms with Crippen LogP contribution in [0.25, 0.3) is 0 Å². The molecule has 1 fully saturated rings. The van der Waals surface area contributed by atoms with E-state index < -0.39 is 0 Å². The maximum absolute atomic E-state index is 8.20. The van der Waals surface area contributed by atoms with Crippen LogP contribution in [-0.4, -0.2) is 15.0 Å². The molecule has 0 spiro atoms. The Hall–Kier alpha value is 0.259. The summed E-state index contributed by atoms with van der Waals surface area (Å²) in [4.78, 5) is 1.90. The standard InChI is InChI=1S/C15H28Se/c1-3-4-5-7-10-14(2)13-16-15-11-8-6-9-12-15/h13,15H,3-12H2,1-2H3/b14-13-/i13D. The van der Waals surface area contributed by atoms with E-state index in [1.165, 1.54) is 69.8 Å². The predicted octanol–water partition coefficient (Wildman–Crippen LogP) is 5.32. The van der Waals surface area contributed by atoms with E-state index in [0.717, 1.165) is 9.77 Å². The number of unbranched alkanes of at least 4 members (excludes halogenated alkanes) is 3. The topological polar surface area (TPSA) is 0 Å². The van der Waals surface area contributed by atoms with Gasteiger partial charge in [0.25, 0.3) is 0 Å². The van der Waals surface area contributed by atoms with E-state index in [1.54, 1.807) is 0 Å². The Morgan fingerprint density at radius 2 is 2.00 bits per heavy atom. The van der Waals surface area contributed by atoms with Crippen molar-refractivity contribution in [1.82, 2.24) is 0 Å². The second-order valence-corrected chi connectivity index (χ2v) is 7.39. The van der Waals surface area contributed by atoms with Crippen molar-refractivity contribution in [2.75, 3.05) is 0 Å². The van der Waals surface area contributed by atoms with Crippen molar-refractivity contribution in [3.63, 3.8) is 0 Å². The molecule has 0 saturated heterocycles. The minimum absolute atomic E-state index is 0.468. The van der Waals surface area contributed by atoms with Gasteiger partial charge in [-0.15, -0.1) is 0 Å². The first-order valence-corrected chi connectivity index (χ1v) is 8.91. The van der Waals surface area contributed by atoms with Gasteiger partial charge in [0.2, 0.25) is 0 Å². The Morgan fingerprint density at radius 3 is 2.69 bits per heavy atom. The Bertz CT molecular complexity index is 229. The van der Waals surface area contributed by atoms with Crippen molar-refractivity contribution < 1.29 is 1.37 Å². The molecule has 1 rings (SSSR count). The Balaban J connectivity index is 2.24. The van der Waals surface area contributed by atoms with Crippen molar-refractivity contribution in [1.29, 1.82) is 0 Å². The van der Waals surface area contributed by atoms with Gasteiger partial charge in [0, 0.05) is 0 Å². The average molecular weight is 288 g/mol. The number of rotatable bonds is 7. The molecule has 0 aliphatic heterocycles. The Kier molecular flexibility index (Phi) is 7.39. The first-order valence-electron chi connectivity index (χ1n) is 7.57. The molecule has 0 bridgehead atoms. The molecule has 0 aromatic heterocycles. The molecule has 0 heterocycles. The van der Waals surface area contributed by atoms with Crippen molar-refractivity contribution in [3.8, 4) is 0 Å². The number of allylic oxidation sites excluding steroid dienone is 1. The van der Waals surface area contributed by atoms with Crippen LogP contribution in [0.3, 0.4) is 0 Å². The zero-order valence-corrected chi connectivity index (χ0v) is 12.8. The summed E-state index contributed by atoms with van der Waals surface area (Å²) >= 11 is 0.468. The van der Waals surface area contributed by atoms with Gasteiger partial charge in [-0.2, -0.15) is 0 Å². The fourth-order valence-corrected chi connectivity index (χ4v) is 4.41. The fourth-order valence-electron chi connectivity index (χ4n) is 2.23. The van der Waals surface area contributed by atoms with Gasteiger partial charge < -0.3 is 0 Å². The number of hydrogen-bond donors (Lipinski definition) is 0. The summed E-state index contributed by atoms with van der Waals surface area (Å²) in [6.07, 6.45) is 13.5. The van der Waals surface area contributed by atoms with Crippen LogP contribution in [0, 0.1) is 0 Å². The van der Waals surface area contributed by atoms with E-state index >= 15 is 0 Å². The van der Waals surface area contributed by atoms with E-state index in [0.29, 0.717) is 15.0 Å². The molecular weight excluding hydrogens is 259 g/mol. The molecule has 16 heavy (non-hydrogen) atoms. The third-order valence-electron chi connectivity index (χ3n) is 3.36. The fraction of sp³-hybridized carbons (Fsp3) is 0.867. The Labute approximate surface area is 110 Å². The van der Waals surface area contributed by atoms with Gasteiger partial charge in [0.1, 0.15) is 0 Å². The average Bonchev–Trinajstić information content (AvgIpc) is 2.35. The van der Waals surface area contributed by atoms with E-state index in [-0.39, 0.29) is 0 Å². The van der Waals surface area contributed by atoms with E-state index in [1.807, 2.05) is 0 Å². The second-order valence-electron chi connectivity index (χ2n) is 5.07. The molecule has 0 nitrogen and oxygen atoms in total. The second kappa shape index (κ2) is 9.31. The Morgan fingerprint density at radius 1 is 1.25 bits per heavy atom. The molecule has 0 aromatic rings. The van der Waals surface area contributed by atoms with Crippen LogP contribution in [0.2, 0.25) is 4.82 Å². The molecule has 0 N–H and O–H groups in total. The summed E-state index contributed by atoms with van der Waals surface area (Å²) in [6, 6.07) is 0. The van der Waals surface area contributed by atoms with Crippen molar-refractivity contribution in [3.05, 3.63) is 10.5 Å². The van der Waals surface area contributed by atoms with Gasteiger partial charge in [0.05, 0.1) is 0 Å². The molecule has 0 unspecified atom stereocenters. The first kappa shape index (κ1) is 12.7. The molecule has 1 aliphatic carbocycles. The van der Waals surface area contributed by atoms with Crippen molar-refractivity contribution in [2.24, 2.45) is 0 Å². The third kappa shape index (κ3) is 6.76. The van der Waals surface area contributed by atoms with E-state index in [9.17, 15) is 0 Å². The third-order valence-corrected chi connectivity index (χ3v) is 6.02. The first-order chi connectivity index (χ1) is 8.24. The molecule has 94 valence electrons. The summed E-state index contributed by atoms with van der Waals surface area (Å²) in [7, 11) is 0. The van der Waals surface area contributed by atoms with Gasteiger partial charge >= 0.3 is 110 Å². The zero-order valence-electron chi connectivity index (χ0n) is 12.1. The van der Waals surface area contributed by atoms with Crippen LogP contribution in [0.5, 0.6) is 0 Å². The minimum atomic E-state index is 0.468. The van der Waals surface area contributed by atoms with Gasteiger partial charge in [-0.1, -0.05) is 0 Å². The maximum atomic E-state index is 8.20. The molecule has 1 heteroatoms. The van der Waals surface area contributed by atoms with Gasteiger partial charge in [-0.3, -0.25) is 0 Å². The SMILES string of the molecule is [2H]/C([Se]C1CCCCC1)=C(\C)CCCCCC. The van der Waals surface area contributed by atoms with Gasteiger partial charge in [0.15, 0.2) is 0 Å². The number of hydrogen-bond acceptors (Lipinski definition) is 0. The molecular formula is C15H28Se. The normalized spacial score (nSPS) is 20.5. The van der Waals surface area contributed by atoms with Crippen LogP contribution in [0.1, 0.15) is 79.4 Å². The van der Waals surface area contributed by atoms with Crippen LogP contribution >= 0.6 is 0 Å². The van der Waals surface area contributed by atoms with Gasteiger partial charge in [-0.05, 0) is 0 Å². The zero-order chi connectivity index (χ0) is 12.5. The van der Waals surface area contributed by atoms with E-state index in [4.69, 9.17) is 1.37 Å². The predicted molar refractivity (Wildman–Crippen MR) is 75.1 cm³/mol. The molecule has 1 aliphatic rings. The van der Waals surface area contributed by atoms with Crippen LogP contribution in [0.4, 0.5) is 0 Å². The molecule has 0 atom stereocenters. The monoisotopic (exact) mass is 289 g/mol. The quantitative estimate of drug-likeness (QED) is 0.439. The van der Waals surface area contributed by atoms with Crippen LogP contribution in [-0.2, 0) is 0 Å². The molecule has 0 aromatic carbocycles.